The van der Waals surface area contributed by atoms with Crippen molar-refractivity contribution in [3.8, 4) is 10.6 Å². The van der Waals surface area contributed by atoms with Gasteiger partial charge in [-0.05, 0) is 45.1 Å². The average Bonchev–Trinajstić information content (AvgIpc) is 3.43. The predicted molar refractivity (Wildman–Crippen MR) is 124 cm³/mol. The number of aliphatic hydroxyl groups is 3. The lowest BCUT2D eigenvalue weighted by Crippen LogP contribution is -2.36. The van der Waals surface area contributed by atoms with Crippen LogP contribution in [0.15, 0.2) is 18.5 Å². The summed E-state index contributed by atoms with van der Waals surface area (Å²) in [5.41, 5.74) is 2.34. The van der Waals surface area contributed by atoms with Gasteiger partial charge in [-0.25, -0.2) is 9.97 Å². The van der Waals surface area contributed by atoms with Crippen LogP contribution in [0.1, 0.15) is 31.9 Å². The first-order valence-electron chi connectivity index (χ1n) is 11.0. The quantitative estimate of drug-likeness (QED) is 0.362. The van der Waals surface area contributed by atoms with Crippen LogP contribution in [-0.4, -0.2) is 66.2 Å². The Morgan fingerprint density at radius 3 is 2.69 bits per heavy atom. The molecule has 0 aromatic carbocycles. The number of fused-ring (bicyclic) bond motifs is 1. The number of hydrogen-bond acceptors (Lipinski definition) is 10. The maximum Gasteiger partial charge on any atom is 0.224 e. The van der Waals surface area contributed by atoms with E-state index in [1.165, 1.54) is 24.2 Å². The minimum absolute atomic E-state index is 0.408. The second-order valence-corrected chi connectivity index (χ2v) is 9.95. The third-order valence-electron chi connectivity index (χ3n) is 6.41. The zero-order valence-electron chi connectivity index (χ0n) is 18.1. The van der Waals surface area contributed by atoms with Gasteiger partial charge in [0.2, 0.25) is 5.95 Å². The lowest BCUT2D eigenvalue weighted by molar-refractivity contribution is -0.0162. The van der Waals surface area contributed by atoms with Crippen molar-refractivity contribution < 1.29 is 15.3 Å². The second-order valence-electron chi connectivity index (χ2n) is 8.92. The normalized spacial score (nSPS) is 26.4. The molecule has 32 heavy (non-hydrogen) atoms. The molecule has 5 unspecified atom stereocenters. The van der Waals surface area contributed by atoms with Crippen LogP contribution in [0.4, 0.5) is 11.8 Å². The molecule has 0 aliphatic heterocycles. The Bertz CT molecular complexity index is 1090. The van der Waals surface area contributed by atoms with Crippen molar-refractivity contribution in [2.75, 3.05) is 17.2 Å². The zero-order valence-corrected chi connectivity index (χ0v) is 18.9. The van der Waals surface area contributed by atoms with E-state index >= 15 is 0 Å². The van der Waals surface area contributed by atoms with E-state index < -0.39 is 30.3 Å². The molecule has 3 aromatic rings. The number of pyridine rings is 1. The molecule has 0 saturated heterocycles. The van der Waals surface area contributed by atoms with Gasteiger partial charge in [-0.15, -0.1) is 11.3 Å². The number of aliphatic hydroxyl groups excluding tert-OH is 3. The summed E-state index contributed by atoms with van der Waals surface area (Å²) in [5, 5.41) is 38.5. The van der Waals surface area contributed by atoms with Crippen LogP contribution in [0.2, 0.25) is 0 Å². The van der Waals surface area contributed by atoms with Crippen molar-refractivity contribution in [3.63, 3.8) is 0 Å². The molecular formula is C22H28N6O3S. The molecule has 0 radical (unpaired) electrons. The van der Waals surface area contributed by atoms with Crippen LogP contribution < -0.4 is 10.6 Å². The fourth-order valence-corrected chi connectivity index (χ4v) is 5.35. The summed E-state index contributed by atoms with van der Waals surface area (Å²) in [6, 6.07) is 1.47. The van der Waals surface area contributed by atoms with E-state index in [1.54, 1.807) is 19.3 Å². The summed E-state index contributed by atoms with van der Waals surface area (Å²) < 4.78 is 1.02. The Balaban J connectivity index is 1.52. The zero-order chi connectivity index (χ0) is 22.4. The highest BCUT2D eigenvalue weighted by Gasteiger charge is 2.44. The van der Waals surface area contributed by atoms with Crippen LogP contribution in [-0.2, 0) is 0 Å². The third kappa shape index (κ3) is 4.15. The molecule has 0 spiro atoms. The molecule has 2 aliphatic carbocycles. The molecule has 10 heteroatoms. The monoisotopic (exact) mass is 456 g/mol. The first-order chi connectivity index (χ1) is 15.4. The Hall–Kier alpha value is -2.40. The molecule has 2 aliphatic rings. The minimum atomic E-state index is -1.01. The number of nitrogens with one attached hydrogen (secondary N) is 2. The topological polar surface area (TPSA) is 136 Å². The smallest absolute Gasteiger partial charge is 0.224 e. The molecule has 9 nitrogen and oxygen atoms in total. The molecule has 0 amide bonds. The molecule has 2 fully saturated rings. The summed E-state index contributed by atoms with van der Waals surface area (Å²) in [7, 11) is 0. The Labute approximate surface area is 190 Å². The maximum atomic E-state index is 10.6. The summed E-state index contributed by atoms with van der Waals surface area (Å²) in [4.78, 5) is 18.3. The summed E-state index contributed by atoms with van der Waals surface area (Å²) in [6.45, 7) is 4.39. The number of thiazole rings is 1. The van der Waals surface area contributed by atoms with Crippen molar-refractivity contribution in [2.45, 2.75) is 57.5 Å². The average molecular weight is 457 g/mol. The van der Waals surface area contributed by atoms with Crippen molar-refractivity contribution in [3.05, 3.63) is 24.2 Å². The Morgan fingerprint density at radius 2 is 2.00 bits per heavy atom. The van der Waals surface area contributed by atoms with E-state index in [4.69, 9.17) is 9.97 Å². The lowest BCUT2D eigenvalue weighted by atomic mass is 10.00. The lowest BCUT2D eigenvalue weighted by Gasteiger charge is -2.21. The number of rotatable bonds is 7. The maximum absolute atomic E-state index is 10.6. The summed E-state index contributed by atoms with van der Waals surface area (Å²) in [5.74, 6) is 1.36. The highest BCUT2D eigenvalue weighted by atomic mass is 32.1. The summed E-state index contributed by atoms with van der Waals surface area (Å²) >= 11 is 1.53. The van der Waals surface area contributed by atoms with E-state index in [0.29, 0.717) is 24.1 Å². The molecule has 5 N–H and O–H groups in total. The van der Waals surface area contributed by atoms with Gasteiger partial charge in [0, 0.05) is 18.7 Å². The molecule has 3 heterocycles. The van der Waals surface area contributed by atoms with Gasteiger partial charge in [0.15, 0.2) is 0 Å². The SMILES string of the molecule is Cc1nc(NCC2CC2)nc(NC2CC(C(C)O)C(O)C2O)c1-c1nc2cnccc2s1. The second kappa shape index (κ2) is 8.51. The third-order valence-corrected chi connectivity index (χ3v) is 7.46. The van der Waals surface area contributed by atoms with Crippen LogP contribution >= 0.6 is 11.3 Å². The standard InChI is InChI=1S/C22H28N6O3S/c1-10-17(21-27-15-9-23-6-5-16(15)32-21)20(28-22(25-10)24-8-12-3-4-12)26-14-7-13(11(2)29)18(30)19(14)31/h5-6,9,11-14,18-19,29-31H,3-4,7-8H2,1-2H3,(H2,24,25,26,28). The van der Waals surface area contributed by atoms with E-state index in [9.17, 15) is 15.3 Å². The van der Waals surface area contributed by atoms with Gasteiger partial charge < -0.3 is 26.0 Å². The van der Waals surface area contributed by atoms with Gasteiger partial charge in [-0.3, -0.25) is 4.98 Å². The highest BCUT2D eigenvalue weighted by molar-refractivity contribution is 7.21. The molecule has 0 bridgehead atoms. The Kier molecular flexibility index (Phi) is 5.70. The van der Waals surface area contributed by atoms with E-state index in [0.717, 1.165) is 33.0 Å². The molecule has 5 rings (SSSR count). The van der Waals surface area contributed by atoms with Crippen molar-refractivity contribution in [1.29, 1.82) is 0 Å². The first kappa shape index (κ1) is 21.4. The van der Waals surface area contributed by atoms with E-state index in [2.05, 4.69) is 20.6 Å². The molecular weight excluding hydrogens is 428 g/mol. The van der Waals surface area contributed by atoms with Gasteiger partial charge in [0.25, 0.3) is 0 Å². The van der Waals surface area contributed by atoms with E-state index in [1.807, 2.05) is 13.0 Å². The number of nitrogens with zero attached hydrogens (tertiary/aromatic N) is 4. The van der Waals surface area contributed by atoms with Crippen LogP contribution in [0.3, 0.4) is 0 Å². The van der Waals surface area contributed by atoms with Crippen molar-refractivity contribution in [2.24, 2.45) is 11.8 Å². The van der Waals surface area contributed by atoms with Crippen molar-refractivity contribution >= 4 is 33.3 Å². The van der Waals surface area contributed by atoms with Gasteiger partial charge in [0.1, 0.15) is 22.4 Å². The molecule has 170 valence electrons. The minimum Gasteiger partial charge on any atom is -0.393 e. The molecule has 3 aromatic heterocycles. The predicted octanol–water partition coefficient (Wildman–Crippen LogP) is 2.18. The van der Waals surface area contributed by atoms with Crippen LogP contribution in [0.5, 0.6) is 0 Å². The number of aryl methyl sites for hydroxylation is 1. The van der Waals surface area contributed by atoms with Crippen LogP contribution in [0, 0.1) is 18.8 Å². The number of anilines is 2. The fourth-order valence-electron chi connectivity index (χ4n) is 4.32. The first-order valence-corrected chi connectivity index (χ1v) is 11.9. The van der Waals surface area contributed by atoms with Gasteiger partial charge in [-0.2, -0.15) is 4.98 Å². The number of aromatic nitrogens is 4. The highest BCUT2D eigenvalue weighted by Crippen LogP contribution is 2.38. The Morgan fingerprint density at radius 1 is 1.19 bits per heavy atom. The fraction of sp³-hybridized carbons (Fsp3) is 0.545. The van der Waals surface area contributed by atoms with Crippen LogP contribution in [0.25, 0.3) is 20.8 Å². The molecule has 5 atom stereocenters. The largest absolute Gasteiger partial charge is 0.393 e. The number of hydrogen-bond donors (Lipinski definition) is 5. The van der Waals surface area contributed by atoms with Gasteiger partial charge >= 0.3 is 0 Å². The van der Waals surface area contributed by atoms with Gasteiger partial charge in [-0.1, -0.05) is 0 Å². The van der Waals surface area contributed by atoms with Crippen molar-refractivity contribution in [1.82, 2.24) is 19.9 Å². The molecule has 2 saturated carbocycles. The van der Waals surface area contributed by atoms with Gasteiger partial charge in [0.05, 0.1) is 40.4 Å². The van der Waals surface area contributed by atoms with E-state index in [-0.39, 0.29) is 0 Å². The summed E-state index contributed by atoms with van der Waals surface area (Å²) in [6.07, 6.45) is 3.62.